The first-order valence-corrected chi connectivity index (χ1v) is 10.8. The van der Waals surface area contributed by atoms with Gasteiger partial charge in [0.1, 0.15) is 6.54 Å². The number of rotatable bonds is 5. The maximum Gasteiger partial charge on any atom is 0.405 e. The molecular formula is C25H24F3N3O2. The van der Waals surface area contributed by atoms with Crippen molar-refractivity contribution in [1.29, 1.82) is 0 Å². The number of hydrogen-bond donors (Lipinski definition) is 2. The number of halogens is 3. The zero-order valence-electron chi connectivity index (χ0n) is 17.9. The number of fused-ring (bicyclic) bond motifs is 1. The van der Waals surface area contributed by atoms with Crippen LogP contribution >= 0.6 is 0 Å². The minimum atomic E-state index is -4.36. The predicted octanol–water partition coefficient (Wildman–Crippen LogP) is 5.30. The molecule has 3 aromatic rings. The van der Waals surface area contributed by atoms with Crippen molar-refractivity contribution in [3.63, 3.8) is 0 Å². The minimum absolute atomic E-state index is 0.0626. The Morgan fingerprint density at radius 1 is 0.879 bits per heavy atom. The van der Waals surface area contributed by atoms with Gasteiger partial charge in [0.15, 0.2) is 0 Å². The van der Waals surface area contributed by atoms with Crippen LogP contribution in [0.1, 0.15) is 23.2 Å². The van der Waals surface area contributed by atoms with Crippen LogP contribution in [0.2, 0.25) is 0 Å². The number of nitrogens with zero attached hydrogens (tertiary/aromatic N) is 1. The van der Waals surface area contributed by atoms with Gasteiger partial charge in [-0.1, -0.05) is 48.5 Å². The summed E-state index contributed by atoms with van der Waals surface area (Å²) >= 11 is 0. The summed E-state index contributed by atoms with van der Waals surface area (Å²) in [6.07, 6.45) is -3.39. The minimum Gasteiger partial charge on any atom is -0.375 e. The number of carbonyl (C=O) groups is 2. The van der Waals surface area contributed by atoms with Gasteiger partial charge in [-0.15, -0.1) is 0 Å². The molecule has 1 heterocycles. The third-order valence-corrected chi connectivity index (χ3v) is 5.84. The number of anilines is 2. The molecule has 172 valence electrons. The van der Waals surface area contributed by atoms with Gasteiger partial charge in [-0.05, 0) is 41.8 Å². The zero-order chi connectivity index (χ0) is 23.4. The van der Waals surface area contributed by atoms with E-state index in [1.54, 1.807) is 23.1 Å². The molecule has 2 N–H and O–H groups in total. The lowest BCUT2D eigenvalue weighted by Crippen LogP contribution is -2.41. The molecule has 3 aromatic carbocycles. The van der Waals surface area contributed by atoms with Gasteiger partial charge in [0, 0.05) is 24.6 Å². The van der Waals surface area contributed by atoms with Gasteiger partial charge < -0.3 is 15.5 Å². The fraction of sp³-hybridized carbons (Fsp3) is 0.280. The Morgan fingerprint density at radius 3 is 2.24 bits per heavy atom. The summed E-state index contributed by atoms with van der Waals surface area (Å²) in [6, 6.07) is 19.7. The lowest BCUT2D eigenvalue weighted by molar-refractivity contribution is -0.121. The Hall–Kier alpha value is -3.55. The van der Waals surface area contributed by atoms with Crippen LogP contribution in [-0.2, 0) is 4.79 Å². The van der Waals surface area contributed by atoms with Crippen LogP contribution in [0.4, 0.5) is 24.5 Å². The van der Waals surface area contributed by atoms with E-state index in [0.717, 1.165) is 10.8 Å². The molecule has 0 spiro atoms. The van der Waals surface area contributed by atoms with E-state index in [2.05, 4.69) is 10.6 Å². The van der Waals surface area contributed by atoms with Crippen LogP contribution in [0.5, 0.6) is 0 Å². The zero-order valence-corrected chi connectivity index (χ0v) is 17.9. The number of alkyl halides is 3. The monoisotopic (exact) mass is 455 g/mol. The second-order valence-corrected chi connectivity index (χ2v) is 8.10. The SMILES string of the molecule is O=C(Nc1ccccc1NCC(F)(F)F)C1CCN(C(=O)c2cccc3ccccc23)CC1. The predicted molar refractivity (Wildman–Crippen MR) is 122 cm³/mol. The van der Waals surface area contributed by atoms with Crippen molar-refractivity contribution in [3.8, 4) is 0 Å². The second-order valence-electron chi connectivity index (χ2n) is 8.10. The first-order chi connectivity index (χ1) is 15.8. The molecule has 4 rings (SSSR count). The number of benzene rings is 3. The highest BCUT2D eigenvalue weighted by atomic mass is 19.4. The molecule has 1 aliphatic rings. The van der Waals surface area contributed by atoms with Gasteiger partial charge in [0.25, 0.3) is 5.91 Å². The van der Waals surface area contributed by atoms with Crippen LogP contribution in [0.25, 0.3) is 10.8 Å². The summed E-state index contributed by atoms with van der Waals surface area (Å²) in [5.74, 6) is -0.641. The molecule has 0 aliphatic carbocycles. The van der Waals surface area contributed by atoms with Crippen molar-refractivity contribution >= 4 is 34.0 Å². The molecule has 5 nitrogen and oxygen atoms in total. The van der Waals surface area contributed by atoms with Crippen molar-refractivity contribution in [2.45, 2.75) is 19.0 Å². The number of carbonyl (C=O) groups excluding carboxylic acids is 2. The highest BCUT2D eigenvalue weighted by molar-refractivity contribution is 6.07. The molecule has 8 heteroatoms. The van der Waals surface area contributed by atoms with E-state index in [9.17, 15) is 22.8 Å². The Kier molecular flexibility index (Phi) is 6.53. The van der Waals surface area contributed by atoms with Crippen LogP contribution in [0, 0.1) is 5.92 Å². The average Bonchev–Trinajstić information content (AvgIpc) is 2.82. The molecule has 0 radical (unpaired) electrons. The van der Waals surface area contributed by atoms with Crippen molar-refractivity contribution in [1.82, 2.24) is 4.90 Å². The van der Waals surface area contributed by atoms with E-state index in [1.165, 1.54) is 6.07 Å². The van der Waals surface area contributed by atoms with Crippen molar-refractivity contribution < 1.29 is 22.8 Å². The number of amides is 2. The summed E-state index contributed by atoms with van der Waals surface area (Å²) in [4.78, 5) is 27.6. The maximum absolute atomic E-state index is 13.1. The van der Waals surface area contributed by atoms with Gasteiger partial charge in [-0.2, -0.15) is 13.2 Å². The summed E-state index contributed by atoms with van der Waals surface area (Å²) in [5, 5.41) is 6.96. The van der Waals surface area contributed by atoms with Crippen LogP contribution in [0.3, 0.4) is 0 Å². The summed E-state index contributed by atoms with van der Waals surface area (Å²) < 4.78 is 37.7. The first kappa shape index (κ1) is 22.6. The van der Waals surface area contributed by atoms with E-state index in [1.807, 2.05) is 42.5 Å². The molecule has 0 saturated carbocycles. The van der Waals surface area contributed by atoms with E-state index in [0.29, 0.717) is 37.2 Å². The Bertz CT molecular complexity index is 1150. The van der Waals surface area contributed by atoms with Crippen molar-refractivity contribution in [2.75, 3.05) is 30.3 Å². The topological polar surface area (TPSA) is 61.4 Å². The molecule has 33 heavy (non-hydrogen) atoms. The third-order valence-electron chi connectivity index (χ3n) is 5.84. The standard InChI is InChI=1S/C25H24F3N3O2/c26-25(27,28)16-29-21-10-3-4-11-22(21)30-23(32)18-12-14-31(15-13-18)24(33)20-9-5-7-17-6-1-2-8-19(17)20/h1-11,18,29H,12-16H2,(H,30,32). The highest BCUT2D eigenvalue weighted by Gasteiger charge is 2.30. The first-order valence-electron chi connectivity index (χ1n) is 10.8. The molecule has 1 saturated heterocycles. The Morgan fingerprint density at radius 2 is 1.52 bits per heavy atom. The van der Waals surface area contributed by atoms with Gasteiger partial charge >= 0.3 is 6.18 Å². The van der Waals surface area contributed by atoms with E-state index in [-0.39, 0.29) is 23.4 Å². The molecule has 2 amide bonds. The smallest absolute Gasteiger partial charge is 0.375 e. The maximum atomic E-state index is 13.1. The number of para-hydroxylation sites is 2. The summed E-state index contributed by atoms with van der Waals surface area (Å²) in [5.41, 5.74) is 1.16. The summed E-state index contributed by atoms with van der Waals surface area (Å²) in [6.45, 7) is -0.309. The Balaban J connectivity index is 1.37. The van der Waals surface area contributed by atoms with Crippen LogP contribution in [-0.4, -0.2) is 42.5 Å². The van der Waals surface area contributed by atoms with Gasteiger partial charge in [0.2, 0.25) is 5.91 Å². The molecule has 0 bridgehead atoms. The largest absolute Gasteiger partial charge is 0.405 e. The number of nitrogens with one attached hydrogen (secondary N) is 2. The number of hydrogen-bond acceptors (Lipinski definition) is 3. The quantitative estimate of drug-likeness (QED) is 0.549. The molecule has 0 aromatic heterocycles. The molecule has 1 aliphatic heterocycles. The van der Waals surface area contributed by atoms with Gasteiger partial charge in [0.05, 0.1) is 11.4 Å². The molecule has 0 unspecified atom stereocenters. The Labute approximate surface area is 189 Å². The fourth-order valence-corrected chi connectivity index (χ4v) is 4.10. The number of piperidine rings is 1. The normalized spacial score (nSPS) is 14.8. The lowest BCUT2D eigenvalue weighted by atomic mass is 9.94. The molecular weight excluding hydrogens is 431 g/mol. The molecule has 1 fully saturated rings. The average molecular weight is 455 g/mol. The van der Waals surface area contributed by atoms with Gasteiger partial charge in [-0.25, -0.2) is 0 Å². The van der Waals surface area contributed by atoms with Crippen LogP contribution in [0.15, 0.2) is 66.7 Å². The van der Waals surface area contributed by atoms with Crippen molar-refractivity contribution in [2.24, 2.45) is 5.92 Å². The highest BCUT2D eigenvalue weighted by Crippen LogP contribution is 2.27. The van der Waals surface area contributed by atoms with Crippen molar-refractivity contribution in [3.05, 3.63) is 72.3 Å². The lowest BCUT2D eigenvalue weighted by Gasteiger charge is -2.31. The fourth-order valence-electron chi connectivity index (χ4n) is 4.10. The van der Waals surface area contributed by atoms with E-state index < -0.39 is 12.7 Å². The second kappa shape index (κ2) is 9.52. The number of likely N-dealkylation sites (tertiary alicyclic amines) is 1. The molecule has 0 atom stereocenters. The van der Waals surface area contributed by atoms with E-state index >= 15 is 0 Å². The van der Waals surface area contributed by atoms with Gasteiger partial charge in [-0.3, -0.25) is 9.59 Å². The van der Waals surface area contributed by atoms with E-state index in [4.69, 9.17) is 0 Å². The summed E-state index contributed by atoms with van der Waals surface area (Å²) in [7, 11) is 0. The van der Waals surface area contributed by atoms with Crippen LogP contribution < -0.4 is 10.6 Å². The third kappa shape index (κ3) is 5.45.